The molecule has 21 heavy (non-hydrogen) atoms. The van der Waals surface area contributed by atoms with Crippen LogP contribution in [0.2, 0.25) is 0 Å². The first-order valence-corrected chi connectivity index (χ1v) is 6.99. The maximum Gasteiger partial charge on any atom is 0.233 e. The summed E-state index contributed by atoms with van der Waals surface area (Å²) in [6.07, 6.45) is 0. The number of nitrogens with zero attached hydrogens (tertiary/aromatic N) is 2. The van der Waals surface area contributed by atoms with Crippen molar-refractivity contribution < 1.29 is 9.47 Å². The lowest BCUT2D eigenvalue weighted by Crippen LogP contribution is -2.22. The van der Waals surface area contributed by atoms with Gasteiger partial charge in [0.15, 0.2) is 0 Å². The highest BCUT2D eigenvalue weighted by Gasteiger charge is 2.02. The molecule has 0 bridgehead atoms. The van der Waals surface area contributed by atoms with Gasteiger partial charge in [0.25, 0.3) is 0 Å². The highest BCUT2D eigenvalue weighted by atomic mass is 16.5. The Bertz CT molecular complexity index is 556. The van der Waals surface area contributed by atoms with Gasteiger partial charge in [0.05, 0.1) is 12.8 Å². The second kappa shape index (κ2) is 7.59. The van der Waals surface area contributed by atoms with Crippen LogP contribution in [0.5, 0.6) is 11.6 Å². The smallest absolute Gasteiger partial charge is 0.233 e. The van der Waals surface area contributed by atoms with E-state index in [4.69, 9.17) is 9.47 Å². The molecule has 0 aliphatic carbocycles. The number of hydrogen-bond acceptors (Lipinski definition) is 5. The zero-order valence-electron chi connectivity index (χ0n) is 12.7. The Morgan fingerprint density at radius 1 is 1.14 bits per heavy atom. The second-order valence-electron chi connectivity index (χ2n) is 5.04. The summed E-state index contributed by atoms with van der Waals surface area (Å²) in [5.74, 6) is 1.34. The lowest BCUT2D eigenvalue weighted by atomic mass is 10.2. The average Bonchev–Trinajstić information content (AvgIpc) is 2.52. The van der Waals surface area contributed by atoms with Crippen molar-refractivity contribution >= 4 is 0 Å². The van der Waals surface area contributed by atoms with Crippen molar-refractivity contribution in [2.24, 2.45) is 0 Å². The summed E-state index contributed by atoms with van der Waals surface area (Å²) in [4.78, 5) is 0. The van der Waals surface area contributed by atoms with Crippen LogP contribution in [0, 0.1) is 0 Å². The van der Waals surface area contributed by atoms with E-state index in [0.29, 0.717) is 25.1 Å². The normalized spacial score (nSPS) is 10.7. The van der Waals surface area contributed by atoms with Crippen molar-refractivity contribution in [2.75, 3.05) is 7.11 Å². The van der Waals surface area contributed by atoms with E-state index in [-0.39, 0.29) is 0 Å². The van der Waals surface area contributed by atoms with Gasteiger partial charge in [-0.1, -0.05) is 26.0 Å². The summed E-state index contributed by atoms with van der Waals surface area (Å²) in [6.45, 7) is 5.34. The molecule has 0 spiro atoms. The minimum atomic E-state index is 0.427. The molecule has 0 saturated heterocycles. The highest BCUT2D eigenvalue weighted by molar-refractivity contribution is 5.28. The van der Waals surface area contributed by atoms with Gasteiger partial charge >= 0.3 is 0 Å². The fourth-order valence-electron chi connectivity index (χ4n) is 1.75. The molecule has 5 heteroatoms. The Labute approximate surface area is 125 Å². The second-order valence-corrected chi connectivity index (χ2v) is 5.04. The molecule has 2 rings (SSSR count). The molecule has 2 aromatic rings. The number of aromatic nitrogens is 2. The van der Waals surface area contributed by atoms with Crippen LogP contribution < -0.4 is 14.8 Å². The summed E-state index contributed by atoms with van der Waals surface area (Å²) in [7, 11) is 1.65. The standard InChI is InChI=1S/C16H21N3O2/c1-12(2)17-10-14-7-8-16(19-18-14)21-11-13-5-4-6-15(9-13)20-3/h4-9,12,17H,10-11H2,1-3H3. The summed E-state index contributed by atoms with van der Waals surface area (Å²) in [6, 6.07) is 11.9. The molecule has 0 unspecified atom stereocenters. The van der Waals surface area contributed by atoms with Gasteiger partial charge in [-0.05, 0) is 23.8 Å². The van der Waals surface area contributed by atoms with E-state index in [1.807, 2.05) is 36.4 Å². The Balaban J connectivity index is 1.88. The van der Waals surface area contributed by atoms with Crippen LogP contribution in [0.25, 0.3) is 0 Å². The molecule has 1 heterocycles. The number of nitrogens with one attached hydrogen (secondary N) is 1. The monoisotopic (exact) mass is 287 g/mol. The largest absolute Gasteiger partial charge is 0.497 e. The molecular weight excluding hydrogens is 266 g/mol. The molecule has 112 valence electrons. The molecule has 1 aromatic carbocycles. The third-order valence-corrected chi connectivity index (χ3v) is 2.91. The molecule has 0 saturated carbocycles. The third-order valence-electron chi connectivity index (χ3n) is 2.91. The topological polar surface area (TPSA) is 56.3 Å². The fraction of sp³-hybridized carbons (Fsp3) is 0.375. The summed E-state index contributed by atoms with van der Waals surface area (Å²) in [5, 5.41) is 11.5. The Morgan fingerprint density at radius 3 is 2.67 bits per heavy atom. The van der Waals surface area contributed by atoms with Gasteiger partial charge < -0.3 is 14.8 Å². The van der Waals surface area contributed by atoms with Gasteiger partial charge in [-0.15, -0.1) is 5.10 Å². The van der Waals surface area contributed by atoms with Crippen LogP contribution in [0.4, 0.5) is 0 Å². The molecular formula is C16H21N3O2. The summed E-state index contributed by atoms with van der Waals surface area (Å²) >= 11 is 0. The number of ether oxygens (including phenoxy) is 2. The van der Waals surface area contributed by atoms with Crippen LogP contribution in [0.3, 0.4) is 0 Å². The number of rotatable bonds is 7. The van der Waals surface area contributed by atoms with Crippen LogP contribution >= 0.6 is 0 Å². The Hall–Kier alpha value is -2.14. The van der Waals surface area contributed by atoms with Crippen LogP contribution in [-0.4, -0.2) is 23.3 Å². The molecule has 0 aliphatic heterocycles. The van der Waals surface area contributed by atoms with Crippen LogP contribution in [0.1, 0.15) is 25.1 Å². The van der Waals surface area contributed by atoms with Gasteiger partial charge in [-0.25, -0.2) is 0 Å². The first-order valence-electron chi connectivity index (χ1n) is 6.99. The van der Waals surface area contributed by atoms with Crippen molar-refractivity contribution in [3.8, 4) is 11.6 Å². The lowest BCUT2D eigenvalue weighted by molar-refractivity contribution is 0.289. The molecule has 0 atom stereocenters. The molecule has 5 nitrogen and oxygen atoms in total. The number of methoxy groups -OCH3 is 1. The Morgan fingerprint density at radius 2 is 2.00 bits per heavy atom. The fourth-order valence-corrected chi connectivity index (χ4v) is 1.75. The predicted octanol–water partition coefficient (Wildman–Crippen LogP) is 2.56. The molecule has 0 amide bonds. The molecule has 0 radical (unpaired) electrons. The van der Waals surface area contributed by atoms with Gasteiger partial charge in [0.2, 0.25) is 5.88 Å². The van der Waals surface area contributed by atoms with E-state index in [2.05, 4.69) is 29.4 Å². The molecule has 0 aliphatic rings. The van der Waals surface area contributed by atoms with Crippen molar-refractivity contribution in [3.63, 3.8) is 0 Å². The maximum absolute atomic E-state index is 5.62. The van der Waals surface area contributed by atoms with E-state index < -0.39 is 0 Å². The Kier molecular flexibility index (Phi) is 5.51. The van der Waals surface area contributed by atoms with Crippen molar-refractivity contribution in [3.05, 3.63) is 47.7 Å². The van der Waals surface area contributed by atoms with Crippen molar-refractivity contribution in [2.45, 2.75) is 33.0 Å². The molecule has 0 fully saturated rings. The van der Waals surface area contributed by atoms with Crippen molar-refractivity contribution in [1.29, 1.82) is 0 Å². The molecule has 1 aromatic heterocycles. The van der Waals surface area contributed by atoms with E-state index in [1.165, 1.54) is 0 Å². The van der Waals surface area contributed by atoms with Gasteiger partial charge in [-0.2, -0.15) is 5.10 Å². The SMILES string of the molecule is COc1cccc(COc2ccc(CNC(C)C)nn2)c1. The van der Waals surface area contributed by atoms with Gasteiger partial charge in [-0.3, -0.25) is 0 Å². The first-order chi connectivity index (χ1) is 10.2. The van der Waals surface area contributed by atoms with Crippen LogP contribution in [0.15, 0.2) is 36.4 Å². The van der Waals surface area contributed by atoms with E-state index in [0.717, 1.165) is 17.0 Å². The third kappa shape index (κ3) is 5.04. The van der Waals surface area contributed by atoms with Gasteiger partial charge in [0, 0.05) is 18.7 Å². The number of benzene rings is 1. The quantitative estimate of drug-likeness (QED) is 0.848. The minimum Gasteiger partial charge on any atom is -0.497 e. The minimum absolute atomic E-state index is 0.427. The lowest BCUT2D eigenvalue weighted by Gasteiger charge is -2.08. The van der Waals surface area contributed by atoms with E-state index in [9.17, 15) is 0 Å². The number of hydrogen-bond donors (Lipinski definition) is 1. The predicted molar refractivity (Wildman–Crippen MR) is 81.3 cm³/mol. The molecule has 1 N–H and O–H groups in total. The van der Waals surface area contributed by atoms with E-state index >= 15 is 0 Å². The van der Waals surface area contributed by atoms with Crippen LogP contribution in [-0.2, 0) is 13.2 Å². The van der Waals surface area contributed by atoms with E-state index in [1.54, 1.807) is 7.11 Å². The average molecular weight is 287 g/mol. The zero-order chi connectivity index (χ0) is 15.1. The van der Waals surface area contributed by atoms with Gasteiger partial charge in [0.1, 0.15) is 12.4 Å². The summed E-state index contributed by atoms with van der Waals surface area (Å²) in [5.41, 5.74) is 1.93. The first kappa shape index (κ1) is 15.3. The maximum atomic E-state index is 5.62. The summed E-state index contributed by atoms with van der Waals surface area (Å²) < 4.78 is 10.8. The highest BCUT2D eigenvalue weighted by Crippen LogP contribution is 2.14. The zero-order valence-corrected chi connectivity index (χ0v) is 12.7. The van der Waals surface area contributed by atoms with Crippen molar-refractivity contribution in [1.82, 2.24) is 15.5 Å².